The summed E-state index contributed by atoms with van der Waals surface area (Å²) in [5.41, 5.74) is 0.784. The molecule has 12 nitrogen and oxygen atoms in total. The number of hydrogen-bond donors (Lipinski definition) is 2. The molecule has 3 heterocycles. The number of nitrogens with one attached hydrogen (secondary N) is 2. The van der Waals surface area contributed by atoms with Gasteiger partial charge in [-0.2, -0.15) is 17.8 Å². The van der Waals surface area contributed by atoms with Crippen molar-refractivity contribution in [1.29, 1.82) is 0 Å². The second-order valence-electron chi connectivity index (χ2n) is 5.97. The van der Waals surface area contributed by atoms with E-state index in [1.165, 1.54) is 18.3 Å². The topological polar surface area (TPSA) is 160 Å². The third kappa shape index (κ3) is 4.10. The van der Waals surface area contributed by atoms with Crippen LogP contribution in [0.5, 0.6) is 0 Å². The number of carbonyl (C=O) groups is 2. The lowest BCUT2D eigenvalue weighted by Crippen LogP contribution is -2.41. The van der Waals surface area contributed by atoms with Crippen LogP contribution in [0.25, 0.3) is 0 Å². The first-order valence-electron chi connectivity index (χ1n) is 8.45. The Morgan fingerprint density at radius 3 is 2.47 bits per heavy atom. The highest BCUT2D eigenvalue weighted by molar-refractivity contribution is 7.93. The van der Waals surface area contributed by atoms with Gasteiger partial charge in [0.15, 0.2) is 10.8 Å². The number of urea groups is 1. The predicted molar refractivity (Wildman–Crippen MR) is 104 cm³/mol. The largest absolute Gasteiger partial charge is 0.465 e. The van der Waals surface area contributed by atoms with Gasteiger partial charge in [0.05, 0.1) is 13.3 Å². The summed E-state index contributed by atoms with van der Waals surface area (Å²) in [6, 6.07) is 4.95. The summed E-state index contributed by atoms with van der Waals surface area (Å²) in [5.74, 6) is -1.25. The minimum Gasteiger partial charge on any atom is -0.465 e. The average molecular weight is 431 g/mol. The summed E-state index contributed by atoms with van der Waals surface area (Å²) in [6.45, 7) is 3.40. The van der Waals surface area contributed by atoms with Crippen LogP contribution in [0.2, 0.25) is 0 Å². The van der Waals surface area contributed by atoms with Crippen LogP contribution in [-0.4, -0.2) is 52.7 Å². The number of ether oxygens (including phenoxy) is 1. The van der Waals surface area contributed by atoms with Crippen LogP contribution < -0.4 is 9.62 Å². The predicted octanol–water partition coefficient (Wildman–Crippen LogP) is 1.43. The Labute approximate surface area is 171 Å². The fraction of sp³-hybridized carbons (Fsp3) is 0.176. The molecule has 0 aromatic carbocycles. The van der Waals surface area contributed by atoms with E-state index in [1.807, 2.05) is 0 Å². The molecule has 0 saturated heterocycles. The first-order valence-corrected chi connectivity index (χ1v) is 9.89. The number of rotatable bonds is 5. The molecule has 0 unspecified atom stereocenters. The first kappa shape index (κ1) is 20.9. The fourth-order valence-corrected chi connectivity index (χ4v) is 3.94. The number of amides is 2. The molecule has 2 amide bonds. The Kier molecular flexibility index (Phi) is 5.73. The number of carbonyl (C=O) groups excluding carboxylic acids is 2. The van der Waals surface area contributed by atoms with Crippen LogP contribution in [0, 0.1) is 13.8 Å². The van der Waals surface area contributed by atoms with Crippen molar-refractivity contribution in [2.45, 2.75) is 18.9 Å². The van der Waals surface area contributed by atoms with Crippen molar-refractivity contribution in [2.75, 3.05) is 16.7 Å². The Morgan fingerprint density at radius 1 is 1.17 bits per heavy atom. The van der Waals surface area contributed by atoms with Crippen molar-refractivity contribution in [2.24, 2.45) is 0 Å². The highest BCUT2D eigenvalue weighted by Gasteiger charge is 2.37. The van der Waals surface area contributed by atoms with E-state index in [1.54, 1.807) is 26.0 Å². The molecule has 3 rings (SSSR count). The molecule has 0 aliphatic heterocycles. The van der Waals surface area contributed by atoms with E-state index < -0.39 is 27.0 Å². The van der Waals surface area contributed by atoms with Gasteiger partial charge < -0.3 is 4.74 Å². The van der Waals surface area contributed by atoms with Crippen molar-refractivity contribution in [1.82, 2.24) is 25.1 Å². The molecule has 0 radical (unpaired) electrons. The molecule has 156 valence electrons. The van der Waals surface area contributed by atoms with Gasteiger partial charge in [0.25, 0.3) is 10.0 Å². The molecule has 0 saturated carbocycles. The molecule has 0 fully saturated rings. The highest BCUT2D eigenvalue weighted by atomic mass is 32.2. The molecular weight excluding hydrogens is 414 g/mol. The normalized spacial score (nSPS) is 11.0. The van der Waals surface area contributed by atoms with E-state index in [-0.39, 0.29) is 17.3 Å². The molecule has 0 spiro atoms. The van der Waals surface area contributed by atoms with E-state index >= 15 is 0 Å². The molecule has 3 aromatic rings. The molecular formula is C17H17N7O5S. The van der Waals surface area contributed by atoms with Gasteiger partial charge >= 0.3 is 12.0 Å². The molecule has 0 aliphatic carbocycles. The number of hydrogen-bond acceptors (Lipinski definition) is 9. The minimum absolute atomic E-state index is 0.0913. The summed E-state index contributed by atoms with van der Waals surface area (Å²) in [4.78, 5) is 37.0. The fourth-order valence-electron chi connectivity index (χ4n) is 2.56. The van der Waals surface area contributed by atoms with Gasteiger partial charge in [0.1, 0.15) is 5.56 Å². The van der Waals surface area contributed by atoms with E-state index in [4.69, 9.17) is 0 Å². The summed E-state index contributed by atoms with van der Waals surface area (Å²) in [7, 11) is -3.56. The molecule has 0 bridgehead atoms. The third-order valence-corrected chi connectivity index (χ3v) is 5.41. The maximum Gasteiger partial charge on any atom is 0.344 e. The summed E-state index contributed by atoms with van der Waals surface area (Å²) in [5, 5.41) is 7.54. The van der Waals surface area contributed by atoms with Crippen LogP contribution >= 0.6 is 0 Å². The van der Waals surface area contributed by atoms with Crippen molar-refractivity contribution in [3.05, 3.63) is 53.6 Å². The number of anilines is 2. The monoisotopic (exact) mass is 431 g/mol. The molecule has 13 heteroatoms. The zero-order valence-corrected chi connectivity index (χ0v) is 17.0. The van der Waals surface area contributed by atoms with Gasteiger partial charge in [-0.25, -0.2) is 24.5 Å². The Hall–Kier alpha value is -3.87. The zero-order valence-electron chi connectivity index (χ0n) is 16.1. The van der Waals surface area contributed by atoms with E-state index in [2.05, 4.69) is 35.2 Å². The number of aromatic amines is 1. The van der Waals surface area contributed by atoms with Crippen molar-refractivity contribution in [3.8, 4) is 0 Å². The number of aryl methyl sites for hydroxylation is 2. The standard InChI is InChI=1S/C17H17N7O5S/c1-10-8-11(2)21-16(20-10)22-17(26)24(13-6-4-5-7-18-13)30(27,28)14-12(9-19-23-14)15(25)29-3/h4-9H,1-3H3,(H,19,23)(H,20,21,22,26). The lowest BCUT2D eigenvalue weighted by molar-refractivity contribution is 0.0596. The van der Waals surface area contributed by atoms with Crippen molar-refractivity contribution < 1.29 is 22.7 Å². The number of nitrogens with zero attached hydrogens (tertiary/aromatic N) is 5. The van der Waals surface area contributed by atoms with Gasteiger partial charge in [-0.15, -0.1) is 0 Å². The Balaban J connectivity index is 2.09. The van der Waals surface area contributed by atoms with Crippen LogP contribution in [0.3, 0.4) is 0 Å². The molecule has 3 aromatic heterocycles. The van der Waals surface area contributed by atoms with Crippen LogP contribution in [-0.2, 0) is 14.8 Å². The number of H-pyrrole nitrogens is 1. The number of pyridine rings is 1. The number of sulfonamides is 1. The van der Waals surface area contributed by atoms with Crippen LogP contribution in [0.15, 0.2) is 41.7 Å². The Bertz CT molecular complexity index is 1170. The smallest absolute Gasteiger partial charge is 0.344 e. The summed E-state index contributed by atoms with van der Waals surface area (Å²) in [6.07, 6.45) is 2.30. The van der Waals surface area contributed by atoms with Gasteiger partial charge in [0.2, 0.25) is 5.95 Å². The second kappa shape index (κ2) is 8.24. The molecule has 30 heavy (non-hydrogen) atoms. The number of esters is 1. The van der Waals surface area contributed by atoms with Crippen LogP contribution in [0.1, 0.15) is 21.7 Å². The molecule has 2 N–H and O–H groups in total. The van der Waals surface area contributed by atoms with Gasteiger partial charge in [-0.1, -0.05) is 6.07 Å². The van der Waals surface area contributed by atoms with Gasteiger partial charge in [-0.3, -0.25) is 10.4 Å². The van der Waals surface area contributed by atoms with Crippen LogP contribution in [0.4, 0.5) is 16.6 Å². The maximum atomic E-state index is 13.3. The quantitative estimate of drug-likeness (QED) is 0.569. The second-order valence-corrected chi connectivity index (χ2v) is 7.69. The highest BCUT2D eigenvalue weighted by Crippen LogP contribution is 2.24. The average Bonchev–Trinajstić information content (AvgIpc) is 3.18. The molecule has 0 atom stereocenters. The lowest BCUT2D eigenvalue weighted by atomic mass is 10.4. The van der Waals surface area contributed by atoms with E-state index in [0.717, 1.165) is 13.3 Å². The van der Waals surface area contributed by atoms with E-state index in [0.29, 0.717) is 15.7 Å². The third-order valence-electron chi connectivity index (χ3n) is 3.75. The number of aromatic nitrogens is 5. The first-order chi connectivity index (χ1) is 14.2. The number of methoxy groups -OCH3 is 1. The van der Waals surface area contributed by atoms with Crippen molar-refractivity contribution in [3.63, 3.8) is 0 Å². The van der Waals surface area contributed by atoms with Gasteiger partial charge in [-0.05, 0) is 32.0 Å². The summed E-state index contributed by atoms with van der Waals surface area (Å²) >= 11 is 0. The minimum atomic E-state index is -4.65. The summed E-state index contributed by atoms with van der Waals surface area (Å²) < 4.78 is 31.6. The van der Waals surface area contributed by atoms with Gasteiger partial charge in [0, 0.05) is 17.6 Å². The zero-order chi connectivity index (χ0) is 21.9. The Morgan fingerprint density at radius 2 is 1.87 bits per heavy atom. The SMILES string of the molecule is COC(=O)c1cn[nH]c1S(=O)(=O)N(C(=O)Nc1nc(C)cc(C)n1)c1ccccn1. The van der Waals surface area contributed by atoms with Crippen molar-refractivity contribution >= 4 is 33.8 Å². The lowest BCUT2D eigenvalue weighted by Gasteiger charge is -2.21. The molecule has 0 aliphatic rings. The van der Waals surface area contributed by atoms with E-state index in [9.17, 15) is 18.0 Å². The maximum absolute atomic E-state index is 13.3.